The van der Waals surface area contributed by atoms with Crippen molar-refractivity contribution in [1.82, 2.24) is 5.32 Å². The SMILES string of the molecule is CCOc1ccc(Cl)cc1CNCc1ccc2c(c1)OCO2.[Cl-]. The molecule has 0 aliphatic carbocycles. The molecule has 1 aliphatic heterocycles. The molecular weight excluding hydrogens is 337 g/mol. The van der Waals surface area contributed by atoms with Gasteiger partial charge in [0, 0.05) is 23.7 Å². The quantitative estimate of drug-likeness (QED) is 0.831. The second-order valence-corrected chi connectivity index (χ2v) is 5.41. The molecule has 23 heavy (non-hydrogen) atoms. The Morgan fingerprint density at radius 3 is 2.74 bits per heavy atom. The molecule has 3 rings (SSSR count). The molecule has 0 bridgehead atoms. The third-order valence-electron chi connectivity index (χ3n) is 3.40. The zero-order chi connectivity index (χ0) is 15.4. The van der Waals surface area contributed by atoms with Crippen LogP contribution in [-0.4, -0.2) is 13.4 Å². The van der Waals surface area contributed by atoms with Gasteiger partial charge >= 0.3 is 0 Å². The standard InChI is InChI=1S/C17H18ClNO3.ClH/c1-2-20-15-6-4-14(18)8-13(15)10-19-9-12-3-5-16-17(7-12)22-11-21-16;/h3-8,19H,2,9-11H2,1H3;1H/p-1. The van der Waals surface area contributed by atoms with E-state index in [4.69, 9.17) is 25.8 Å². The zero-order valence-electron chi connectivity index (χ0n) is 12.8. The van der Waals surface area contributed by atoms with Crippen molar-refractivity contribution in [2.45, 2.75) is 20.0 Å². The number of fused-ring (bicyclic) bond motifs is 1. The van der Waals surface area contributed by atoms with Crippen molar-refractivity contribution in [2.75, 3.05) is 13.4 Å². The monoisotopic (exact) mass is 354 g/mol. The Labute approximate surface area is 147 Å². The van der Waals surface area contributed by atoms with E-state index in [0.717, 1.165) is 34.9 Å². The highest BCUT2D eigenvalue weighted by Gasteiger charge is 2.13. The molecule has 2 aromatic rings. The molecule has 6 heteroatoms. The summed E-state index contributed by atoms with van der Waals surface area (Å²) < 4.78 is 16.3. The van der Waals surface area contributed by atoms with Crippen LogP contribution in [0.1, 0.15) is 18.1 Å². The van der Waals surface area contributed by atoms with Crippen LogP contribution in [0.5, 0.6) is 17.2 Å². The lowest BCUT2D eigenvalue weighted by Gasteiger charge is -2.12. The van der Waals surface area contributed by atoms with Crippen LogP contribution in [0, 0.1) is 0 Å². The van der Waals surface area contributed by atoms with Crippen molar-refractivity contribution < 1.29 is 26.6 Å². The smallest absolute Gasteiger partial charge is 0.231 e. The van der Waals surface area contributed by atoms with E-state index in [2.05, 4.69) is 5.32 Å². The maximum Gasteiger partial charge on any atom is 0.231 e. The predicted octanol–water partition coefficient (Wildman–Crippen LogP) is 0.761. The first-order valence-corrected chi connectivity index (χ1v) is 7.64. The van der Waals surface area contributed by atoms with E-state index in [9.17, 15) is 0 Å². The van der Waals surface area contributed by atoms with E-state index in [1.807, 2.05) is 43.3 Å². The van der Waals surface area contributed by atoms with Crippen LogP contribution in [0.3, 0.4) is 0 Å². The van der Waals surface area contributed by atoms with Gasteiger partial charge in [-0.3, -0.25) is 0 Å². The Morgan fingerprint density at radius 1 is 1.09 bits per heavy atom. The van der Waals surface area contributed by atoms with E-state index < -0.39 is 0 Å². The number of halogens is 2. The van der Waals surface area contributed by atoms with Crippen molar-refractivity contribution >= 4 is 11.6 Å². The van der Waals surface area contributed by atoms with Gasteiger partial charge < -0.3 is 31.9 Å². The van der Waals surface area contributed by atoms with Crippen LogP contribution in [0.15, 0.2) is 36.4 Å². The zero-order valence-corrected chi connectivity index (χ0v) is 14.3. The summed E-state index contributed by atoms with van der Waals surface area (Å²) in [6.45, 7) is 4.32. The van der Waals surface area contributed by atoms with Gasteiger partial charge in [0.2, 0.25) is 6.79 Å². The molecule has 1 heterocycles. The summed E-state index contributed by atoms with van der Waals surface area (Å²) in [7, 11) is 0. The first kappa shape index (κ1) is 17.7. The van der Waals surface area contributed by atoms with Gasteiger partial charge in [0.05, 0.1) is 6.61 Å². The third kappa shape index (κ3) is 4.44. The minimum atomic E-state index is 0. The molecule has 1 N–H and O–H groups in total. The average Bonchev–Trinajstić information content (AvgIpc) is 2.98. The normalized spacial score (nSPS) is 11.9. The number of nitrogens with one attached hydrogen (secondary N) is 1. The molecule has 124 valence electrons. The maximum atomic E-state index is 6.06. The van der Waals surface area contributed by atoms with Crippen LogP contribution in [0.2, 0.25) is 5.02 Å². The highest BCUT2D eigenvalue weighted by Crippen LogP contribution is 2.32. The molecule has 0 radical (unpaired) electrons. The maximum absolute atomic E-state index is 6.06. The van der Waals surface area contributed by atoms with Crippen molar-refractivity contribution in [3.05, 3.63) is 52.5 Å². The topological polar surface area (TPSA) is 39.7 Å². The fourth-order valence-corrected chi connectivity index (χ4v) is 2.57. The second-order valence-electron chi connectivity index (χ2n) is 4.98. The van der Waals surface area contributed by atoms with Gasteiger partial charge in [-0.05, 0) is 42.8 Å². The van der Waals surface area contributed by atoms with Crippen molar-refractivity contribution in [3.63, 3.8) is 0 Å². The summed E-state index contributed by atoms with van der Waals surface area (Å²) in [4.78, 5) is 0. The lowest BCUT2D eigenvalue weighted by Crippen LogP contribution is -3.00. The highest BCUT2D eigenvalue weighted by atomic mass is 35.5. The molecule has 2 aromatic carbocycles. The second kappa shape index (κ2) is 8.29. The van der Waals surface area contributed by atoms with Crippen LogP contribution in [0.4, 0.5) is 0 Å². The van der Waals surface area contributed by atoms with Gasteiger partial charge in [-0.1, -0.05) is 17.7 Å². The van der Waals surface area contributed by atoms with E-state index in [1.54, 1.807) is 0 Å². The van der Waals surface area contributed by atoms with Gasteiger partial charge in [0.15, 0.2) is 11.5 Å². The van der Waals surface area contributed by atoms with E-state index >= 15 is 0 Å². The van der Waals surface area contributed by atoms with Gasteiger partial charge in [-0.25, -0.2) is 0 Å². The van der Waals surface area contributed by atoms with Crippen LogP contribution < -0.4 is 31.9 Å². The molecule has 0 fully saturated rings. The van der Waals surface area contributed by atoms with Gasteiger partial charge in [0.1, 0.15) is 5.75 Å². The summed E-state index contributed by atoms with van der Waals surface area (Å²) in [5, 5.41) is 4.11. The van der Waals surface area contributed by atoms with Crippen LogP contribution >= 0.6 is 11.6 Å². The summed E-state index contributed by atoms with van der Waals surface area (Å²) in [6.07, 6.45) is 0. The Morgan fingerprint density at radius 2 is 1.91 bits per heavy atom. The molecule has 4 nitrogen and oxygen atoms in total. The molecule has 0 atom stereocenters. The Balaban J connectivity index is 0.00000192. The predicted molar refractivity (Wildman–Crippen MR) is 85.7 cm³/mol. The van der Waals surface area contributed by atoms with E-state index in [1.165, 1.54) is 0 Å². The fourth-order valence-electron chi connectivity index (χ4n) is 2.37. The lowest BCUT2D eigenvalue weighted by molar-refractivity contribution is -0.00000647. The summed E-state index contributed by atoms with van der Waals surface area (Å²) in [5.41, 5.74) is 2.19. The molecule has 0 amide bonds. The largest absolute Gasteiger partial charge is 1.00 e. The van der Waals surface area contributed by atoms with Gasteiger partial charge in [-0.15, -0.1) is 0 Å². The number of hydrogen-bond donors (Lipinski definition) is 1. The molecule has 0 saturated heterocycles. The minimum Gasteiger partial charge on any atom is -1.00 e. The van der Waals surface area contributed by atoms with Crippen LogP contribution in [0.25, 0.3) is 0 Å². The summed E-state index contributed by atoms with van der Waals surface area (Å²) in [5.74, 6) is 2.47. The van der Waals surface area contributed by atoms with Crippen molar-refractivity contribution in [2.24, 2.45) is 0 Å². The van der Waals surface area contributed by atoms with Gasteiger partial charge in [0.25, 0.3) is 0 Å². The van der Waals surface area contributed by atoms with E-state index in [0.29, 0.717) is 25.0 Å². The Kier molecular flexibility index (Phi) is 6.39. The number of rotatable bonds is 6. The number of ether oxygens (including phenoxy) is 3. The first-order valence-electron chi connectivity index (χ1n) is 7.26. The summed E-state index contributed by atoms with van der Waals surface area (Å²) >= 11 is 6.06. The lowest BCUT2D eigenvalue weighted by atomic mass is 10.1. The molecule has 0 spiro atoms. The molecule has 0 unspecified atom stereocenters. The molecule has 0 saturated carbocycles. The van der Waals surface area contributed by atoms with Crippen molar-refractivity contribution in [3.8, 4) is 17.2 Å². The Hall–Kier alpha value is -1.62. The molecule has 0 aromatic heterocycles. The summed E-state index contributed by atoms with van der Waals surface area (Å²) in [6, 6.07) is 11.6. The first-order chi connectivity index (χ1) is 10.8. The molecule has 1 aliphatic rings. The Bertz CT molecular complexity index is 664. The highest BCUT2D eigenvalue weighted by molar-refractivity contribution is 6.30. The number of benzene rings is 2. The van der Waals surface area contributed by atoms with E-state index in [-0.39, 0.29) is 12.4 Å². The number of hydrogen-bond acceptors (Lipinski definition) is 4. The molecular formula is C17H18Cl2NO3-. The minimum absolute atomic E-state index is 0. The fraction of sp³-hybridized carbons (Fsp3) is 0.294. The van der Waals surface area contributed by atoms with Crippen LogP contribution in [-0.2, 0) is 13.1 Å². The van der Waals surface area contributed by atoms with Gasteiger partial charge in [-0.2, -0.15) is 0 Å². The average molecular weight is 355 g/mol. The van der Waals surface area contributed by atoms with Crippen molar-refractivity contribution in [1.29, 1.82) is 0 Å². The third-order valence-corrected chi connectivity index (χ3v) is 3.64.